The van der Waals surface area contributed by atoms with Gasteiger partial charge in [0.15, 0.2) is 0 Å². The van der Waals surface area contributed by atoms with Crippen LogP contribution in [-0.2, 0) is 11.0 Å². The summed E-state index contributed by atoms with van der Waals surface area (Å²) in [5.74, 6) is -0.979. The van der Waals surface area contributed by atoms with Gasteiger partial charge >= 0.3 is 5.97 Å². The van der Waals surface area contributed by atoms with E-state index in [1.807, 2.05) is 4.31 Å². The number of hydrogen-bond acceptors (Lipinski definition) is 2. The van der Waals surface area contributed by atoms with Crippen molar-refractivity contribution in [2.45, 2.75) is 24.2 Å². The first-order chi connectivity index (χ1) is 8.60. The molecule has 3 rings (SSSR count). The Hall–Kier alpha value is -1.20. The number of hydrogen-bond donors (Lipinski definition) is 1. The minimum Gasteiger partial charge on any atom is -0.478 e. The van der Waals surface area contributed by atoms with Crippen LogP contribution in [0.3, 0.4) is 0 Å². The third kappa shape index (κ3) is 1.87. The molecule has 0 aromatic heterocycles. The summed E-state index contributed by atoms with van der Waals surface area (Å²) in [6, 6.07) is 6.40. The summed E-state index contributed by atoms with van der Waals surface area (Å²) in [5, 5.41) is 8.92. The van der Waals surface area contributed by atoms with Crippen LogP contribution >= 0.6 is 0 Å². The molecule has 0 bridgehead atoms. The first-order valence-corrected chi connectivity index (χ1v) is 7.21. The second-order valence-corrected chi connectivity index (χ2v) is 6.72. The lowest BCUT2D eigenvalue weighted by molar-refractivity contribution is -0.00483. The standard InChI is InChI=1S/C13H15NO3S/c15-12(16)10-3-1-4-11(7-10)18(17)14-8-13(9-14)5-2-6-13/h1,3-4,7H,2,5-6,8-9H2,(H,15,16). The number of carboxylic acid groups (broad SMARTS) is 1. The minimum absolute atomic E-state index is 0.194. The average Bonchev–Trinajstić information content (AvgIpc) is 2.25. The summed E-state index contributed by atoms with van der Waals surface area (Å²) in [6.07, 6.45) is 3.78. The van der Waals surface area contributed by atoms with Crippen molar-refractivity contribution in [3.05, 3.63) is 29.8 Å². The van der Waals surface area contributed by atoms with Crippen molar-refractivity contribution in [2.75, 3.05) is 13.1 Å². The summed E-state index contributed by atoms with van der Waals surface area (Å²) < 4.78 is 14.2. The molecule has 1 aromatic rings. The van der Waals surface area contributed by atoms with Crippen LogP contribution in [-0.4, -0.2) is 32.7 Å². The normalized spacial score (nSPS) is 23.1. The van der Waals surface area contributed by atoms with Crippen LogP contribution in [0.4, 0.5) is 0 Å². The second kappa shape index (κ2) is 4.17. The van der Waals surface area contributed by atoms with E-state index >= 15 is 0 Å². The maximum absolute atomic E-state index is 12.3. The topological polar surface area (TPSA) is 57.6 Å². The van der Waals surface area contributed by atoms with E-state index in [1.165, 1.54) is 31.4 Å². The molecule has 1 N–H and O–H groups in total. The lowest BCUT2D eigenvalue weighted by Crippen LogP contribution is -2.59. The summed E-state index contributed by atoms with van der Waals surface area (Å²) in [6.45, 7) is 1.77. The van der Waals surface area contributed by atoms with Crippen molar-refractivity contribution < 1.29 is 14.1 Å². The van der Waals surface area contributed by atoms with E-state index in [0.717, 1.165) is 13.1 Å². The highest BCUT2D eigenvalue weighted by Gasteiger charge is 2.49. The van der Waals surface area contributed by atoms with Crippen LogP contribution < -0.4 is 0 Å². The van der Waals surface area contributed by atoms with Gasteiger partial charge < -0.3 is 5.11 Å². The maximum atomic E-state index is 12.3. The minimum atomic E-state index is -1.21. The molecular weight excluding hydrogens is 250 g/mol. The Morgan fingerprint density at radius 3 is 2.61 bits per heavy atom. The Balaban J connectivity index is 1.73. The van der Waals surface area contributed by atoms with Gasteiger partial charge in [0.1, 0.15) is 11.0 Å². The van der Waals surface area contributed by atoms with Gasteiger partial charge in [-0.15, -0.1) is 0 Å². The van der Waals surface area contributed by atoms with Gasteiger partial charge in [-0.05, 0) is 36.5 Å². The van der Waals surface area contributed by atoms with E-state index < -0.39 is 17.0 Å². The lowest BCUT2D eigenvalue weighted by atomic mass is 9.65. The maximum Gasteiger partial charge on any atom is 0.335 e. The molecule has 2 aliphatic rings. The zero-order valence-electron chi connectivity index (χ0n) is 9.96. The molecule has 1 saturated carbocycles. The van der Waals surface area contributed by atoms with Crippen molar-refractivity contribution in [1.82, 2.24) is 4.31 Å². The molecule has 5 heteroatoms. The third-order valence-corrected chi connectivity index (χ3v) is 5.34. The number of carboxylic acids is 1. The predicted molar refractivity (Wildman–Crippen MR) is 67.7 cm³/mol. The molecule has 1 heterocycles. The summed E-state index contributed by atoms with van der Waals surface area (Å²) >= 11 is 0. The first kappa shape index (κ1) is 11.9. The van der Waals surface area contributed by atoms with Crippen molar-refractivity contribution in [3.8, 4) is 0 Å². The van der Waals surface area contributed by atoms with E-state index in [4.69, 9.17) is 5.11 Å². The Morgan fingerprint density at radius 2 is 2.06 bits per heavy atom. The van der Waals surface area contributed by atoms with E-state index in [9.17, 15) is 9.00 Å². The largest absolute Gasteiger partial charge is 0.478 e. The number of rotatable bonds is 3. The Labute approximate surface area is 108 Å². The predicted octanol–water partition coefficient (Wildman–Crippen LogP) is 1.89. The molecule has 0 radical (unpaired) electrons. The molecule has 1 spiro atoms. The fourth-order valence-electron chi connectivity index (χ4n) is 2.70. The zero-order chi connectivity index (χ0) is 12.8. The van der Waals surface area contributed by atoms with Gasteiger partial charge in [-0.1, -0.05) is 12.5 Å². The summed E-state index contributed by atoms with van der Waals surface area (Å²) in [4.78, 5) is 11.5. The molecule has 96 valence electrons. The molecule has 1 atom stereocenters. The Bertz CT molecular complexity index is 517. The Morgan fingerprint density at radius 1 is 1.33 bits per heavy atom. The SMILES string of the molecule is O=C(O)c1cccc(S(=O)N2CC3(CCC3)C2)c1. The number of nitrogens with zero attached hydrogens (tertiary/aromatic N) is 1. The van der Waals surface area contributed by atoms with E-state index in [-0.39, 0.29) is 5.56 Å². The molecular formula is C13H15NO3S. The van der Waals surface area contributed by atoms with Crippen LogP contribution in [0.15, 0.2) is 29.2 Å². The molecule has 2 fully saturated rings. The molecule has 1 aliphatic carbocycles. The highest BCUT2D eigenvalue weighted by molar-refractivity contribution is 7.82. The summed E-state index contributed by atoms with van der Waals surface area (Å²) in [7, 11) is -1.21. The molecule has 1 aromatic carbocycles. The monoisotopic (exact) mass is 265 g/mol. The van der Waals surface area contributed by atoms with Gasteiger partial charge in [0, 0.05) is 13.1 Å². The smallest absolute Gasteiger partial charge is 0.335 e. The zero-order valence-corrected chi connectivity index (χ0v) is 10.8. The van der Waals surface area contributed by atoms with Crippen molar-refractivity contribution in [3.63, 3.8) is 0 Å². The molecule has 0 amide bonds. The van der Waals surface area contributed by atoms with Crippen LogP contribution in [0.5, 0.6) is 0 Å². The highest BCUT2D eigenvalue weighted by atomic mass is 32.2. The van der Waals surface area contributed by atoms with Gasteiger partial charge in [-0.25, -0.2) is 13.3 Å². The van der Waals surface area contributed by atoms with Crippen molar-refractivity contribution >= 4 is 17.0 Å². The molecule has 1 aliphatic heterocycles. The Kier molecular flexibility index (Phi) is 2.75. The van der Waals surface area contributed by atoms with Crippen LogP contribution in [0.25, 0.3) is 0 Å². The van der Waals surface area contributed by atoms with E-state index in [0.29, 0.717) is 10.3 Å². The van der Waals surface area contributed by atoms with Crippen molar-refractivity contribution in [2.24, 2.45) is 5.41 Å². The van der Waals surface area contributed by atoms with E-state index in [2.05, 4.69) is 0 Å². The molecule has 1 saturated heterocycles. The van der Waals surface area contributed by atoms with Gasteiger partial charge in [0.05, 0.1) is 10.5 Å². The number of aromatic carboxylic acids is 1. The van der Waals surface area contributed by atoms with Gasteiger partial charge in [-0.2, -0.15) is 0 Å². The quantitative estimate of drug-likeness (QED) is 0.908. The average molecular weight is 265 g/mol. The van der Waals surface area contributed by atoms with Crippen LogP contribution in [0, 0.1) is 5.41 Å². The van der Waals surface area contributed by atoms with Gasteiger partial charge in [-0.3, -0.25) is 0 Å². The van der Waals surface area contributed by atoms with Crippen molar-refractivity contribution in [1.29, 1.82) is 0 Å². The lowest BCUT2D eigenvalue weighted by Gasteiger charge is -2.54. The second-order valence-electron chi connectivity index (χ2n) is 5.23. The number of carbonyl (C=O) groups is 1. The van der Waals surface area contributed by atoms with Gasteiger partial charge in [0.2, 0.25) is 0 Å². The molecule has 18 heavy (non-hydrogen) atoms. The first-order valence-electron chi connectivity index (χ1n) is 6.10. The fraction of sp³-hybridized carbons (Fsp3) is 0.462. The van der Waals surface area contributed by atoms with E-state index in [1.54, 1.807) is 12.1 Å². The van der Waals surface area contributed by atoms with Crippen LogP contribution in [0.1, 0.15) is 29.6 Å². The molecule has 1 unspecified atom stereocenters. The fourth-order valence-corrected chi connectivity index (χ4v) is 4.20. The highest BCUT2D eigenvalue weighted by Crippen LogP contribution is 2.49. The summed E-state index contributed by atoms with van der Waals surface area (Å²) in [5.41, 5.74) is 0.625. The van der Waals surface area contributed by atoms with Gasteiger partial charge in [0.25, 0.3) is 0 Å². The van der Waals surface area contributed by atoms with Crippen LogP contribution in [0.2, 0.25) is 0 Å². The number of benzene rings is 1. The third-order valence-electron chi connectivity index (χ3n) is 3.95. The molecule has 4 nitrogen and oxygen atoms in total.